The Morgan fingerprint density at radius 3 is 2.12 bits per heavy atom. The first-order valence-electron chi connectivity index (χ1n) is 8.15. The van der Waals surface area contributed by atoms with Gasteiger partial charge in [0.1, 0.15) is 5.82 Å². The molecule has 0 fully saturated rings. The van der Waals surface area contributed by atoms with Gasteiger partial charge in [-0.05, 0) is 45.6 Å². The number of aromatic nitrogens is 1. The lowest BCUT2D eigenvalue weighted by Gasteiger charge is -2.18. The molecule has 126 valence electrons. The molecule has 0 radical (unpaired) electrons. The molecule has 1 N–H and O–H groups in total. The number of pyridine rings is 1. The molecule has 1 amide bonds. The van der Waals surface area contributed by atoms with Gasteiger partial charge in [0.05, 0.1) is 0 Å². The number of anilines is 1. The predicted octanol–water partition coefficient (Wildman–Crippen LogP) is 5.31. The fourth-order valence-electron chi connectivity index (χ4n) is 2.84. The summed E-state index contributed by atoms with van der Waals surface area (Å²) in [6, 6.07) is 22.2. The Kier molecular flexibility index (Phi) is 5.61. The number of amides is 1. The minimum atomic E-state index is -0.0457. The van der Waals surface area contributed by atoms with Gasteiger partial charge in [0.2, 0.25) is 5.91 Å². The first kappa shape index (κ1) is 17.4. The number of nitrogens with zero attached hydrogens (tertiary/aromatic N) is 1. The van der Waals surface area contributed by atoms with E-state index in [-0.39, 0.29) is 11.8 Å². The quantitative estimate of drug-likeness (QED) is 0.636. The van der Waals surface area contributed by atoms with E-state index in [0.717, 1.165) is 21.2 Å². The molecule has 3 nitrogen and oxygen atoms in total. The van der Waals surface area contributed by atoms with Gasteiger partial charge in [0.15, 0.2) is 0 Å². The molecule has 3 rings (SSSR count). The van der Waals surface area contributed by atoms with Crippen LogP contribution in [0.25, 0.3) is 0 Å². The summed E-state index contributed by atoms with van der Waals surface area (Å²) in [5.74, 6) is 0.571. The molecule has 4 heteroatoms. The van der Waals surface area contributed by atoms with Gasteiger partial charge in [-0.3, -0.25) is 4.79 Å². The zero-order chi connectivity index (χ0) is 17.6. The molecular formula is C21H19BrN2O. The van der Waals surface area contributed by atoms with E-state index in [9.17, 15) is 4.79 Å². The Morgan fingerprint density at radius 1 is 1.04 bits per heavy atom. The first-order chi connectivity index (χ1) is 12.1. The van der Waals surface area contributed by atoms with E-state index >= 15 is 0 Å². The van der Waals surface area contributed by atoms with Crippen LogP contribution in [0.1, 0.15) is 29.0 Å². The smallest absolute Gasteiger partial charge is 0.226 e. The van der Waals surface area contributed by atoms with Crippen LogP contribution < -0.4 is 5.32 Å². The number of nitrogens with one attached hydrogen (secondary N) is 1. The van der Waals surface area contributed by atoms with Gasteiger partial charge in [0, 0.05) is 23.0 Å². The molecule has 3 aromatic rings. The highest BCUT2D eigenvalue weighted by Crippen LogP contribution is 2.28. The minimum absolute atomic E-state index is 0.0122. The van der Waals surface area contributed by atoms with Crippen molar-refractivity contribution in [2.75, 3.05) is 5.32 Å². The molecule has 2 aromatic carbocycles. The van der Waals surface area contributed by atoms with E-state index in [0.29, 0.717) is 12.2 Å². The molecule has 0 spiro atoms. The molecule has 0 aliphatic heterocycles. The Bertz CT molecular complexity index is 811. The third-order valence-corrected chi connectivity index (χ3v) is 4.53. The molecule has 0 unspecified atom stereocenters. The van der Waals surface area contributed by atoms with Crippen LogP contribution in [0.2, 0.25) is 0 Å². The Balaban J connectivity index is 1.82. The lowest BCUT2D eigenvalue weighted by molar-refractivity contribution is -0.116. The number of carbonyl (C=O) groups is 1. The van der Waals surface area contributed by atoms with Gasteiger partial charge in [-0.15, -0.1) is 0 Å². The van der Waals surface area contributed by atoms with Gasteiger partial charge in [-0.2, -0.15) is 0 Å². The maximum Gasteiger partial charge on any atom is 0.226 e. The van der Waals surface area contributed by atoms with Crippen LogP contribution in [0.3, 0.4) is 0 Å². The number of hydrogen-bond acceptors (Lipinski definition) is 2. The van der Waals surface area contributed by atoms with Crippen molar-refractivity contribution < 1.29 is 4.79 Å². The van der Waals surface area contributed by atoms with E-state index in [4.69, 9.17) is 0 Å². The fraction of sp³-hybridized carbons (Fsp3) is 0.143. The van der Waals surface area contributed by atoms with Gasteiger partial charge in [-0.25, -0.2) is 4.98 Å². The third kappa shape index (κ3) is 4.54. The van der Waals surface area contributed by atoms with Crippen molar-refractivity contribution in [1.82, 2.24) is 4.98 Å². The summed E-state index contributed by atoms with van der Waals surface area (Å²) in [5, 5.41) is 2.94. The molecule has 1 aromatic heterocycles. The van der Waals surface area contributed by atoms with Crippen LogP contribution in [0.15, 0.2) is 77.4 Å². The van der Waals surface area contributed by atoms with E-state index < -0.39 is 0 Å². The second-order valence-corrected chi connectivity index (χ2v) is 6.86. The third-order valence-electron chi connectivity index (χ3n) is 4.10. The summed E-state index contributed by atoms with van der Waals surface area (Å²) >= 11 is 3.39. The summed E-state index contributed by atoms with van der Waals surface area (Å²) in [4.78, 5) is 16.9. The SMILES string of the molecule is Cc1cc(Br)cnc1NC(=O)CC(c1ccccc1)c1ccccc1. The van der Waals surface area contributed by atoms with Crippen molar-refractivity contribution in [1.29, 1.82) is 0 Å². The van der Waals surface area contributed by atoms with Crippen molar-refractivity contribution in [2.45, 2.75) is 19.3 Å². The molecule has 0 aliphatic rings. The predicted molar refractivity (Wildman–Crippen MR) is 105 cm³/mol. The molecule has 1 heterocycles. The molecule has 0 bridgehead atoms. The van der Waals surface area contributed by atoms with Crippen molar-refractivity contribution in [3.05, 3.63) is 94.1 Å². The molecule has 0 saturated carbocycles. The number of benzene rings is 2. The highest BCUT2D eigenvalue weighted by Gasteiger charge is 2.18. The van der Waals surface area contributed by atoms with Crippen molar-refractivity contribution in [3.8, 4) is 0 Å². The minimum Gasteiger partial charge on any atom is -0.310 e. The average Bonchev–Trinajstić information content (AvgIpc) is 2.63. The van der Waals surface area contributed by atoms with Crippen LogP contribution in [0.5, 0.6) is 0 Å². The van der Waals surface area contributed by atoms with E-state index in [1.54, 1.807) is 6.20 Å². The normalized spacial score (nSPS) is 10.7. The maximum absolute atomic E-state index is 12.6. The van der Waals surface area contributed by atoms with Crippen LogP contribution in [-0.4, -0.2) is 10.9 Å². The number of aryl methyl sites for hydroxylation is 1. The zero-order valence-corrected chi connectivity index (χ0v) is 15.5. The zero-order valence-electron chi connectivity index (χ0n) is 13.9. The van der Waals surface area contributed by atoms with Crippen LogP contribution in [0, 0.1) is 6.92 Å². The van der Waals surface area contributed by atoms with E-state index in [2.05, 4.69) is 50.5 Å². The maximum atomic E-state index is 12.6. The van der Waals surface area contributed by atoms with Crippen LogP contribution >= 0.6 is 15.9 Å². The Hall–Kier alpha value is -2.46. The number of rotatable bonds is 5. The largest absolute Gasteiger partial charge is 0.310 e. The molecule has 0 saturated heterocycles. The first-order valence-corrected chi connectivity index (χ1v) is 8.94. The highest BCUT2D eigenvalue weighted by atomic mass is 79.9. The summed E-state index contributed by atoms with van der Waals surface area (Å²) in [5.41, 5.74) is 3.19. The summed E-state index contributed by atoms with van der Waals surface area (Å²) in [7, 11) is 0. The van der Waals surface area contributed by atoms with Crippen LogP contribution in [0.4, 0.5) is 5.82 Å². The Morgan fingerprint density at radius 2 is 1.60 bits per heavy atom. The lowest BCUT2D eigenvalue weighted by Crippen LogP contribution is -2.17. The summed E-state index contributed by atoms with van der Waals surface area (Å²) in [6.07, 6.45) is 2.06. The second-order valence-electron chi connectivity index (χ2n) is 5.95. The van der Waals surface area contributed by atoms with Gasteiger partial charge >= 0.3 is 0 Å². The lowest BCUT2D eigenvalue weighted by atomic mass is 9.88. The number of hydrogen-bond donors (Lipinski definition) is 1. The van der Waals surface area contributed by atoms with Gasteiger partial charge in [0.25, 0.3) is 0 Å². The van der Waals surface area contributed by atoms with E-state index in [1.807, 2.05) is 49.4 Å². The Labute approximate surface area is 156 Å². The van der Waals surface area contributed by atoms with Crippen molar-refractivity contribution in [3.63, 3.8) is 0 Å². The summed E-state index contributed by atoms with van der Waals surface area (Å²) < 4.78 is 0.898. The average molecular weight is 395 g/mol. The van der Waals surface area contributed by atoms with E-state index in [1.165, 1.54) is 0 Å². The standard InChI is InChI=1S/C21H19BrN2O/c1-15-12-18(22)14-23-21(15)24-20(25)13-19(16-8-4-2-5-9-16)17-10-6-3-7-11-17/h2-12,14,19H,13H2,1H3,(H,23,24,25). The van der Waals surface area contributed by atoms with Gasteiger partial charge in [-0.1, -0.05) is 60.7 Å². The topological polar surface area (TPSA) is 42.0 Å². The van der Waals surface area contributed by atoms with Crippen molar-refractivity contribution in [2.24, 2.45) is 0 Å². The fourth-order valence-corrected chi connectivity index (χ4v) is 3.28. The number of halogens is 1. The summed E-state index contributed by atoms with van der Waals surface area (Å²) in [6.45, 7) is 1.93. The monoisotopic (exact) mass is 394 g/mol. The molecule has 0 aliphatic carbocycles. The van der Waals surface area contributed by atoms with Crippen LogP contribution in [-0.2, 0) is 4.79 Å². The highest BCUT2D eigenvalue weighted by molar-refractivity contribution is 9.10. The second kappa shape index (κ2) is 8.08. The molecule has 25 heavy (non-hydrogen) atoms. The molecular weight excluding hydrogens is 376 g/mol. The molecule has 0 atom stereocenters. The number of carbonyl (C=O) groups excluding carboxylic acids is 1. The van der Waals surface area contributed by atoms with Crippen molar-refractivity contribution >= 4 is 27.7 Å². The van der Waals surface area contributed by atoms with Gasteiger partial charge < -0.3 is 5.32 Å².